The first-order valence-corrected chi connectivity index (χ1v) is 13.7. The van der Waals surface area contributed by atoms with Gasteiger partial charge in [-0.1, -0.05) is 73.1 Å². The van der Waals surface area contributed by atoms with Gasteiger partial charge in [0.1, 0.15) is 5.75 Å². The number of para-hydroxylation sites is 1. The number of carbonyl (C=O) groups excluding carboxylic acids is 2. The molecule has 3 aromatic carbocycles. The fourth-order valence-electron chi connectivity index (χ4n) is 5.86. The molecule has 1 saturated carbocycles. The van der Waals surface area contributed by atoms with Crippen LogP contribution in [0.3, 0.4) is 0 Å². The number of anilines is 1. The van der Waals surface area contributed by atoms with Gasteiger partial charge in [0.15, 0.2) is 5.13 Å². The van der Waals surface area contributed by atoms with Gasteiger partial charge in [0.25, 0.3) is 5.91 Å². The van der Waals surface area contributed by atoms with Crippen LogP contribution in [0.5, 0.6) is 5.75 Å². The van der Waals surface area contributed by atoms with Crippen LogP contribution < -0.4 is 10.1 Å². The van der Waals surface area contributed by atoms with E-state index in [0.29, 0.717) is 10.7 Å². The summed E-state index contributed by atoms with van der Waals surface area (Å²) in [7, 11) is 1.64. The van der Waals surface area contributed by atoms with Crippen molar-refractivity contribution < 1.29 is 14.3 Å². The normalized spacial score (nSPS) is 20.0. The quantitative estimate of drug-likeness (QED) is 0.330. The van der Waals surface area contributed by atoms with Crippen LogP contribution in [-0.4, -0.2) is 34.8 Å². The first-order valence-electron chi connectivity index (χ1n) is 12.9. The van der Waals surface area contributed by atoms with Gasteiger partial charge in [-0.2, -0.15) is 0 Å². The second kappa shape index (κ2) is 9.98. The number of amides is 2. The number of hydrogen-bond donors (Lipinski definition) is 1. The summed E-state index contributed by atoms with van der Waals surface area (Å²) >= 11 is 1.46. The monoisotopic (exact) mass is 511 g/mol. The molecule has 1 N–H and O–H groups in total. The molecular formula is C30H29N3O3S. The number of nitrogens with one attached hydrogen (secondary N) is 1. The van der Waals surface area contributed by atoms with Gasteiger partial charge in [-0.25, -0.2) is 4.98 Å². The third kappa shape index (κ3) is 4.37. The Morgan fingerprint density at radius 2 is 1.70 bits per heavy atom. The number of benzene rings is 3. The molecule has 37 heavy (non-hydrogen) atoms. The lowest BCUT2D eigenvalue weighted by Gasteiger charge is -2.46. The Labute approximate surface area is 220 Å². The lowest BCUT2D eigenvalue weighted by Crippen LogP contribution is -2.51. The Bertz CT molecular complexity index is 1410. The SMILES string of the molecule is COc1ccc(C2C(C(=O)Nc3nc4ccccc4s3)c3ccccc3C(=O)N2C2CCCCC2)cc1. The minimum absolute atomic E-state index is 0.00681. The van der Waals surface area contributed by atoms with Crippen LogP contribution in [0.4, 0.5) is 5.13 Å². The molecule has 6 nitrogen and oxygen atoms in total. The van der Waals surface area contributed by atoms with Gasteiger partial charge in [-0.15, -0.1) is 0 Å². The molecule has 188 valence electrons. The fourth-order valence-corrected chi connectivity index (χ4v) is 6.73. The molecule has 2 amide bonds. The van der Waals surface area contributed by atoms with Crippen molar-refractivity contribution in [3.63, 3.8) is 0 Å². The highest BCUT2D eigenvalue weighted by Gasteiger charge is 2.46. The summed E-state index contributed by atoms with van der Waals surface area (Å²) in [6.45, 7) is 0. The van der Waals surface area contributed by atoms with E-state index < -0.39 is 12.0 Å². The molecule has 2 heterocycles. The van der Waals surface area contributed by atoms with Crippen LogP contribution in [0.2, 0.25) is 0 Å². The number of hydrogen-bond acceptors (Lipinski definition) is 5. The Hall–Kier alpha value is -3.71. The summed E-state index contributed by atoms with van der Waals surface area (Å²) in [6, 6.07) is 22.9. The van der Waals surface area contributed by atoms with Crippen LogP contribution in [0.15, 0.2) is 72.8 Å². The minimum atomic E-state index is -0.573. The highest BCUT2D eigenvalue weighted by atomic mass is 32.1. The summed E-state index contributed by atoms with van der Waals surface area (Å²) in [5.74, 6) is 0.0233. The van der Waals surface area contributed by atoms with Crippen molar-refractivity contribution in [3.05, 3.63) is 89.5 Å². The maximum Gasteiger partial charge on any atom is 0.254 e. The zero-order chi connectivity index (χ0) is 25.4. The standard InChI is InChI=1S/C30H29N3O3S/c1-36-21-17-15-19(16-18-21)27-26(28(34)32-30-31-24-13-7-8-14-25(24)37-30)22-11-5-6-12-23(22)29(35)33(27)20-9-3-2-4-10-20/h5-8,11-18,20,26-27H,2-4,9-10H2,1H3,(H,31,32,34). The van der Waals surface area contributed by atoms with Crippen molar-refractivity contribution in [2.75, 3.05) is 12.4 Å². The van der Waals surface area contributed by atoms with E-state index in [-0.39, 0.29) is 17.9 Å². The van der Waals surface area contributed by atoms with Crippen LogP contribution in [0.1, 0.15) is 65.5 Å². The van der Waals surface area contributed by atoms with Crippen molar-refractivity contribution in [2.45, 2.75) is 50.1 Å². The molecule has 1 aliphatic carbocycles. The molecule has 0 spiro atoms. The van der Waals surface area contributed by atoms with Gasteiger partial charge in [0.2, 0.25) is 5.91 Å². The Morgan fingerprint density at radius 3 is 2.46 bits per heavy atom. The number of carbonyl (C=O) groups is 2. The molecule has 4 aromatic rings. The third-order valence-corrected chi connectivity index (χ3v) is 8.56. The second-order valence-corrected chi connectivity index (χ2v) is 10.8. The molecule has 2 aliphatic rings. The first kappa shape index (κ1) is 23.7. The van der Waals surface area contributed by atoms with E-state index in [4.69, 9.17) is 4.74 Å². The number of methoxy groups -OCH3 is 1. The number of aromatic nitrogens is 1. The molecule has 6 rings (SSSR count). The molecule has 0 bridgehead atoms. The summed E-state index contributed by atoms with van der Waals surface area (Å²) < 4.78 is 6.41. The van der Waals surface area contributed by atoms with Crippen LogP contribution in [0, 0.1) is 0 Å². The van der Waals surface area contributed by atoms with Gasteiger partial charge < -0.3 is 15.0 Å². The molecule has 1 aliphatic heterocycles. The Morgan fingerprint density at radius 1 is 0.973 bits per heavy atom. The Kier molecular flexibility index (Phi) is 6.38. The fraction of sp³-hybridized carbons (Fsp3) is 0.300. The van der Waals surface area contributed by atoms with Crippen molar-refractivity contribution >= 4 is 38.5 Å². The van der Waals surface area contributed by atoms with E-state index in [9.17, 15) is 9.59 Å². The molecular weight excluding hydrogens is 482 g/mol. The highest BCUT2D eigenvalue weighted by Crippen LogP contribution is 2.46. The van der Waals surface area contributed by atoms with E-state index in [1.807, 2.05) is 77.7 Å². The van der Waals surface area contributed by atoms with Crippen LogP contribution >= 0.6 is 11.3 Å². The van der Waals surface area contributed by atoms with Gasteiger partial charge >= 0.3 is 0 Å². The van der Waals surface area contributed by atoms with Crippen molar-refractivity contribution in [1.29, 1.82) is 0 Å². The predicted molar refractivity (Wildman–Crippen MR) is 146 cm³/mol. The average molecular weight is 512 g/mol. The molecule has 1 fully saturated rings. The summed E-state index contributed by atoms with van der Waals surface area (Å²) in [6.07, 6.45) is 5.27. The number of nitrogens with zero attached hydrogens (tertiary/aromatic N) is 2. The summed E-state index contributed by atoms with van der Waals surface area (Å²) in [5, 5.41) is 3.68. The average Bonchev–Trinajstić information content (AvgIpc) is 3.35. The zero-order valence-corrected chi connectivity index (χ0v) is 21.5. The molecule has 0 radical (unpaired) electrons. The molecule has 0 saturated heterocycles. The van der Waals surface area contributed by atoms with Crippen LogP contribution in [0.25, 0.3) is 10.2 Å². The van der Waals surface area contributed by atoms with Crippen molar-refractivity contribution in [2.24, 2.45) is 0 Å². The topological polar surface area (TPSA) is 71.5 Å². The van der Waals surface area contributed by atoms with E-state index >= 15 is 0 Å². The van der Waals surface area contributed by atoms with Crippen molar-refractivity contribution in [1.82, 2.24) is 9.88 Å². The smallest absolute Gasteiger partial charge is 0.254 e. The minimum Gasteiger partial charge on any atom is -0.497 e. The summed E-state index contributed by atoms with van der Waals surface area (Å²) in [5.41, 5.74) is 3.16. The summed E-state index contributed by atoms with van der Waals surface area (Å²) in [4.78, 5) is 34.8. The van der Waals surface area contributed by atoms with E-state index in [1.165, 1.54) is 17.8 Å². The van der Waals surface area contributed by atoms with Gasteiger partial charge in [-0.05, 0) is 54.3 Å². The Balaban J connectivity index is 1.46. The largest absolute Gasteiger partial charge is 0.497 e. The zero-order valence-electron chi connectivity index (χ0n) is 20.7. The maximum absolute atomic E-state index is 14.1. The lowest BCUT2D eigenvalue weighted by molar-refractivity contribution is -0.119. The molecule has 1 aromatic heterocycles. The van der Waals surface area contributed by atoms with Gasteiger partial charge in [0.05, 0.1) is 29.3 Å². The van der Waals surface area contributed by atoms with E-state index in [0.717, 1.165) is 52.8 Å². The number of fused-ring (bicyclic) bond motifs is 2. The van der Waals surface area contributed by atoms with Crippen molar-refractivity contribution in [3.8, 4) is 5.75 Å². The molecule has 2 unspecified atom stereocenters. The van der Waals surface area contributed by atoms with Gasteiger partial charge in [-0.3, -0.25) is 9.59 Å². The lowest BCUT2D eigenvalue weighted by atomic mass is 9.77. The second-order valence-electron chi connectivity index (χ2n) is 9.76. The maximum atomic E-state index is 14.1. The van der Waals surface area contributed by atoms with Gasteiger partial charge in [0, 0.05) is 11.6 Å². The predicted octanol–water partition coefficient (Wildman–Crippen LogP) is 6.56. The van der Waals surface area contributed by atoms with E-state index in [1.54, 1.807) is 7.11 Å². The number of ether oxygens (including phenoxy) is 1. The number of thiazole rings is 1. The third-order valence-electron chi connectivity index (χ3n) is 7.61. The highest BCUT2D eigenvalue weighted by molar-refractivity contribution is 7.22. The van der Waals surface area contributed by atoms with Crippen LogP contribution in [-0.2, 0) is 4.79 Å². The molecule has 2 atom stereocenters. The first-order chi connectivity index (χ1) is 18.1. The molecule has 7 heteroatoms. The van der Waals surface area contributed by atoms with E-state index in [2.05, 4.69) is 10.3 Å². The number of rotatable bonds is 5.